The van der Waals surface area contributed by atoms with Crippen molar-refractivity contribution in [1.82, 2.24) is 0 Å². The number of rotatable bonds is 7. The van der Waals surface area contributed by atoms with Crippen LogP contribution in [0.25, 0.3) is 0 Å². The Morgan fingerprint density at radius 1 is 1.09 bits per heavy atom. The molecule has 0 spiro atoms. The van der Waals surface area contributed by atoms with E-state index < -0.39 is 17.6 Å². The summed E-state index contributed by atoms with van der Waals surface area (Å²) in [5.74, 6) is 0.319. The number of carbonyl (C=O) groups is 1. The molecule has 1 heterocycles. The summed E-state index contributed by atoms with van der Waals surface area (Å²) in [5, 5.41) is 2.46. The van der Waals surface area contributed by atoms with E-state index in [9.17, 15) is 18.0 Å². The molecule has 2 aliphatic rings. The van der Waals surface area contributed by atoms with E-state index in [1.807, 2.05) is 29.2 Å². The van der Waals surface area contributed by atoms with Crippen LogP contribution in [0.4, 0.5) is 24.5 Å². The van der Waals surface area contributed by atoms with Gasteiger partial charge in [-0.15, -0.1) is 0 Å². The molecule has 0 bridgehead atoms. The Bertz CT molecular complexity index is 952. The van der Waals surface area contributed by atoms with Gasteiger partial charge >= 0.3 is 6.18 Å². The van der Waals surface area contributed by atoms with Crippen LogP contribution in [0.5, 0.6) is 5.75 Å². The number of ether oxygens (including phenoxy) is 2. The second-order valence-corrected chi connectivity index (χ2v) is 8.55. The van der Waals surface area contributed by atoms with Gasteiger partial charge in [-0.2, -0.15) is 13.2 Å². The second kappa shape index (κ2) is 10.5. The van der Waals surface area contributed by atoms with Gasteiger partial charge in [-0.25, -0.2) is 0 Å². The van der Waals surface area contributed by atoms with E-state index in [2.05, 4.69) is 5.32 Å². The SMILES string of the molecule is O=C(CCc1cccc(OC2CCCC2)c1)Nc1ccc(N2CCOCC2)cc1C(F)(F)F. The first-order valence-electron chi connectivity index (χ1n) is 11.5. The quantitative estimate of drug-likeness (QED) is 0.596. The van der Waals surface area contributed by atoms with E-state index in [1.165, 1.54) is 18.9 Å². The number of halogens is 3. The van der Waals surface area contributed by atoms with Crippen LogP contribution in [0.3, 0.4) is 0 Å². The molecule has 1 N–H and O–H groups in total. The van der Waals surface area contributed by atoms with Crippen LogP contribution in [0.2, 0.25) is 0 Å². The molecule has 0 atom stereocenters. The van der Waals surface area contributed by atoms with Crippen molar-refractivity contribution in [2.24, 2.45) is 0 Å². The number of anilines is 2. The molecule has 0 unspecified atom stereocenters. The highest BCUT2D eigenvalue weighted by atomic mass is 19.4. The number of morpholine rings is 1. The molecule has 2 fully saturated rings. The maximum absolute atomic E-state index is 13.7. The molecule has 0 radical (unpaired) electrons. The average Bonchev–Trinajstić information content (AvgIpc) is 3.31. The zero-order chi connectivity index (χ0) is 23.3. The Labute approximate surface area is 191 Å². The number of alkyl halides is 3. The van der Waals surface area contributed by atoms with Crippen LogP contribution < -0.4 is 15.0 Å². The van der Waals surface area contributed by atoms with Gasteiger partial charge in [0.05, 0.1) is 30.6 Å². The molecule has 4 rings (SSSR count). The van der Waals surface area contributed by atoms with Crippen molar-refractivity contribution in [3.63, 3.8) is 0 Å². The summed E-state index contributed by atoms with van der Waals surface area (Å²) in [6.07, 6.45) is 0.629. The normalized spacial score (nSPS) is 17.2. The lowest BCUT2D eigenvalue weighted by Crippen LogP contribution is -2.36. The fourth-order valence-corrected chi connectivity index (χ4v) is 4.34. The van der Waals surface area contributed by atoms with Gasteiger partial charge in [0, 0.05) is 25.2 Å². The summed E-state index contributed by atoms with van der Waals surface area (Å²) in [6.45, 7) is 2.03. The number of benzene rings is 2. The molecule has 178 valence electrons. The van der Waals surface area contributed by atoms with E-state index >= 15 is 0 Å². The smallest absolute Gasteiger partial charge is 0.418 e. The molecule has 1 saturated heterocycles. The molecule has 8 heteroatoms. The van der Waals surface area contributed by atoms with Gasteiger partial charge in [0.15, 0.2) is 0 Å². The molecule has 1 amide bonds. The van der Waals surface area contributed by atoms with Gasteiger partial charge < -0.3 is 19.7 Å². The van der Waals surface area contributed by atoms with Crippen molar-refractivity contribution in [3.8, 4) is 5.75 Å². The molecule has 1 aliphatic carbocycles. The summed E-state index contributed by atoms with van der Waals surface area (Å²) in [4.78, 5) is 14.3. The molecule has 33 heavy (non-hydrogen) atoms. The third-order valence-corrected chi connectivity index (χ3v) is 6.10. The monoisotopic (exact) mass is 462 g/mol. The first-order valence-corrected chi connectivity index (χ1v) is 11.5. The molecule has 0 aromatic heterocycles. The molecule has 2 aromatic carbocycles. The highest BCUT2D eigenvalue weighted by Crippen LogP contribution is 2.37. The standard InChI is InChI=1S/C25H29F3N2O3/c26-25(27,28)22-17-19(30-12-14-32-15-13-30)9-10-23(22)29-24(31)11-8-18-4-3-7-21(16-18)33-20-5-1-2-6-20/h3-4,7,9-10,16-17,20H,1-2,5-6,8,11-15H2,(H,29,31). The van der Waals surface area contributed by atoms with E-state index in [4.69, 9.17) is 9.47 Å². The predicted molar refractivity (Wildman–Crippen MR) is 121 cm³/mol. The summed E-state index contributed by atoms with van der Waals surface area (Å²) < 4.78 is 52.4. The summed E-state index contributed by atoms with van der Waals surface area (Å²) >= 11 is 0. The molecule has 1 aliphatic heterocycles. The van der Waals surface area contributed by atoms with Crippen LogP contribution >= 0.6 is 0 Å². The van der Waals surface area contributed by atoms with Gasteiger partial charge in [-0.3, -0.25) is 4.79 Å². The minimum absolute atomic E-state index is 0.0788. The van der Waals surface area contributed by atoms with Crippen molar-refractivity contribution >= 4 is 17.3 Å². The summed E-state index contributed by atoms with van der Waals surface area (Å²) in [5.41, 5.74) is 0.330. The summed E-state index contributed by atoms with van der Waals surface area (Å²) in [6, 6.07) is 11.6. The lowest BCUT2D eigenvalue weighted by Gasteiger charge is -2.29. The number of nitrogens with zero attached hydrogens (tertiary/aromatic N) is 1. The van der Waals surface area contributed by atoms with Crippen molar-refractivity contribution in [2.75, 3.05) is 36.5 Å². The molecular weight excluding hydrogens is 433 g/mol. The number of carbonyl (C=O) groups excluding carboxylic acids is 1. The topological polar surface area (TPSA) is 50.8 Å². The predicted octanol–water partition coefficient (Wildman–Crippen LogP) is 5.43. The van der Waals surface area contributed by atoms with Gasteiger partial charge in [-0.1, -0.05) is 12.1 Å². The third kappa shape index (κ3) is 6.41. The third-order valence-electron chi connectivity index (χ3n) is 6.10. The van der Waals surface area contributed by atoms with Crippen LogP contribution in [-0.2, 0) is 22.1 Å². The number of amides is 1. The Hall–Kier alpha value is -2.74. The van der Waals surface area contributed by atoms with Crippen molar-refractivity contribution in [2.45, 2.75) is 50.8 Å². The largest absolute Gasteiger partial charge is 0.490 e. The fourth-order valence-electron chi connectivity index (χ4n) is 4.34. The lowest BCUT2D eigenvalue weighted by atomic mass is 10.1. The van der Waals surface area contributed by atoms with E-state index in [0.29, 0.717) is 38.4 Å². The van der Waals surface area contributed by atoms with Gasteiger partial charge in [-0.05, 0) is 68.0 Å². The van der Waals surface area contributed by atoms with E-state index in [1.54, 1.807) is 6.07 Å². The second-order valence-electron chi connectivity index (χ2n) is 8.55. The van der Waals surface area contributed by atoms with Crippen LogP contribution in [0.1, 0.15) is 43.2 Å². The van der Waals surface area contributed by atoms with E-state index in [-0.39, 0.29) is 18.2 Å². The van der Waals surface area contributed by atoms with E-state index in [0.717, 1.165) is 30.2 Å². The van der Waals surface area contributed by atoms with Crippen LogP contribution in [0, 0.1) is 0 Å². The van der Waals surface area contributed by atoms with Crippen LogP contribution in [-0.4, -0.2) is 38.3 Å². The van der Waals surface area contributed by atoms with Crippen molar-refractivity contribution in [3.05, 3.63) is 53.6 Å². The van der Waals surface area contributed by atoms with Gasteiger partial charge in [0.1, 0.15) is 5.75 Å². The average molecular weight is 463 g/mol. The Morgan fingerprint density at radius 3 is 2.58 bits per heavy atom. The molecular formula is C25H29F3N2O3. The van der Waals surface area contributed by atoms with Crippen LogP contribution in [0.15, 0.2) is 42.5 Å². The molecule has 5 nitrogen and oxygen atoms in total. The van der Waals surface area contributed by atoms with Crippen molar-refractivity contribution < 1.29 is 27.4 Å². The number of hydrogen-bond acceptors (Lipinski definition) is 4. The number of hydrogen-bond donors (Lipinski definition) is 1. The Morgan fingerprint density at radius 2 is 1.85 bits per heavy atom. The summed E-state index contributed by atoms with van der Waals surface area (Å²) in [7, 11) is 0. The molecule has 2 aromatic rings. The first kappa shape index (κ1) is 23.4. The van der Waals surface area contributed by atoms with Gasteiger partial charge in [0.25, 0.3) is 0 Å². The highest BCUT2D eigenvalue weighted by molar-refractivity contribution is 5.92. The Balaban J connectivity index is 1.38. The number of nitrogens with one attached hydrogen (secondary N) is 1. The zero-order valence-corrected chi connectivity index (χ0v) is 18.5. The highest BCUT2D eigenvalue weighted by Gasteiger charge is 2.34. The minimum atomic E-state index is -4.57. The minimum Gasteiger partial charge on any atom is -0.490 e. The maximum Gasteiger partial charge on any atom is 0.418 e. The van der Waals surface area contributed by atoms with Crippen molar-refractivity contribution in [1.29, 1.82) is 0 Å². The first-order chi connectivity index (χ1) is 15.9. The lowest BCUT2D eigenvalue weighted by molar-refractivity contribution is -0.136. The molecule has 1 saturated carbocycles. The van der Waals surface area contributed by atoms with Gasteiger partial charge in [0.2, 0.25) is 5.91 Å². The Kier molecular flexibility index (Phi) is 7.42. The number of aryl methyl sites for hydroxylation is 1. The fraction of sp³-hybridized carbons (Fsp3) is 0.480. The maximum atomic E-state index is 13.7. The zero-order valence-electron chi connectivity index (χ0n) is 18.5.